The number of halogens is 2. The first kappa shape index (κ1) is 15.8. The van der Waals surface area contributed by atoms with Crippen LogP contribution in [0, 0.1) is 5.82 Å². The van der Waals surface area contributed by atoms with Crippen molar-refractivity contribution in [1.82, 2.24) is 0 Å². The van der Waals surface area contributed by atoms with Gasteiger partial charge in [-0.05, 0) is 58.7 Å². The van der Waals surface area contributed by atoms with Crippen LogP contribution >= 0.6 is 15.9 Å². The molecule has 2 aromatic carbocycles. The molecule has 5 heteroatoms. The van der Waals surface area contributed by atoms with Gasteiger partial charge in [0, 0.05) is 11.6 Å². The summed E-state index contributed by atoms with van der Waals surface area (Å²) >= 11 is 3.43. The monoisotopic (exact) mass is 353 g/mol. The molecule has 0 spiro atoms. The molecule has 0 saturated carbocycles. The van der Waals surface area contributed by atoms with E-state index in [0.29, 0.717) is 17.9 Å². The van der Waals surface area contributed by atoms with Crippen LogP contribution in [-0.4, -0.2) is 7.11 Å². The maximum absolute atomic E-state index is 13.3. The van der Waals surface area contributed by atoms with E-state index in [2.05, 4.69) is 15.9 Å². The number of rotatable bonds is 5. The summed E-state index contributed by atoms with van der Waals surface area (Å²) in [6.07, 6.45) is 0. The van der Waals surface area contributed by atoms with Crippen LogP contribution in [0.1, 0.15) is 24.1 Å². The molecule has 0 aromatic heterocycles. The van der Waals surface area contributed by atoms with E-state index in [1.807, 2.05) is 18.2 Å². The quantitative estimate of drug-likeness (QED) is 0.876. The van der Waals surface area contributed by atoms with Crippen LogP contribution in [-0.2, 0) is 6.61 Å². The van der Waals surface area contributed by atoms with Crippen LogP contribution in [0.4, 0.5) is 4.39 Å². The lowest BCUT2D eigenvalue weighted by atomic mass is 10.1. The van der Waals surface area contributed by atoms with Crippen molar-refractivity contribution in [2.24, 2.45) is 5.73 Å². The molecule has 21 heavy (non-hydrogen) atoms. The zero-order valence-corrected chi connectivity index (χ0v) is 13.5. The standard InChI is InChI=1S/C16H17BrFNO2/c1-10(19)13-8-12(18)4-6-15(13)21-9-11-3-5-16(20-2)14(17)7-11/h3-8,10H,9,19H2,1-2H3/t10-/m1/s1. The lowest BCUT2D eigenvalue weighted by molar-refractivity contribution is 0.300. The van der Waals surface area contributed by atoms with Crippen LogP contribution in [0.15, 0.2) is 40.9 Å². The zero-order chi connectivity index (χ0) is 15.4. The molecule has 0 bridgehead atoms. The largest absolute Gasteiger partial charge is 0.496 e. The third-order valence-electron chi connectivity index (χ3n) is 3.07. The SMILES string of the molecule is COc1ccc(COc2ccc(F)cc2[C@@H](C)N)cc1Br. The smallest absolute Gasteiger partial charge is 0.133 e. The van der Waals surface area contributed by atoms with Gasteiger partial charge in [-0.1, -0.05) is 6.07 Å². The molecule has 0 heterocycles. The van der Waals surface area contributed by atoms with Gasteiger partial charge in [0.2, 0.25) is 0 Å². The first-order valence-corrected chi connectivity index (χ1v) is 7.31. The van der Waals surface area contributed by atoms with Crippen LogP contribution in [0.25, 0.3) is 0 Å². The van der Waals surface area contributed by atoms with Gasteiger partial charge in [0.25, 0.3) is 0 Å². The van der Waals surface area contributed by atoms with Gasteiger partial charge in [0.05, 0.1) is 11.6 Å². The summed E-state index contributed by atoms with van der Waals surface area (Å²) in [5.74, 6) is 1.04. The second kappa shape index (κ2) is 6.91. The van der Waals surface area contributed by atoms with E-state index in [1.165, 1.54) is 12.1 Å². The number of benzene rings is 2. The van der Waals surface area contributed by atoms with E-state index in [9.17, 15) is 4.39 Å². The molecule has 0 saturated heterocycles. The topological polar surface area (TPSA) is 44.5 Å². The Morgan fingerprint density at radius 1 is 1.19 bits per heavy atom. The van der Waals surface area contributed by atoms with Gasteiger partial charge in [-0.3, -0.25) is 0 Å². The van der Waals surface area contributed by atoms with Crippen LogP contribution in [0.5, 0.6) is 11.5 Å². The summed E-state index contributed by atoms with van der Waals surface area (Å²) in [6, 6.07) is 9.78. The molecule has 0 aliphatic heterocycles. The maximum atomic E-state index is 13.3. The van der Waals surface area contributed by atoms with Crippen LogP contribution < -0.4 is 15.2 Å². The minimum absolute atomic E-state index is 0.293. The van der Waals surface area contributed by atoms with E-state index < -0.39 is 0 Å². The number of nitrogens with two attached hydrogens (primary N) is 1. The molecule has 3 nitrogen and oxygen atoms in total. The van der Waals surface area contributed by atoms with Gasteiger partial charge < -0.3 is 15.2 Å². The summed E-state index contributed by atoms with van der Waals surface area (Å²) in [7, 11) is 1.61. The molecule has 2 rings (SSSR count). The van der Waals surface area contributed by atoms with Gasteiger partial charge in [-0.25, -0.2) is 4.39 Å². The Bertz CT molecular complexity index is 632. The highest BCUT2D eigenvalue weighted by Crippen LogP contribution is 2.28. The molecule has 1 atom stereocenters. The second-order valence-corrected chi connectivity index (χ2v) is 5.58. The molecule has 0 unspecified atom stereocenters. The highest BCUT2D eigenvalue weighted by Gasteiger charge is 2.10. The summed E-state index contributed by atoms with van der Waals surface area (Å²) in [5.41, 5.74) is 7.47. The van der Waals surface area contributed by atoms with Crippen molar-refractivity contribution in [3.8, 4) is 11.5 Å². The zero-order valence-electron chi connectivity index (χ0n) is 11.9. The van der Waals surface area contributed by atoms with Crippen molar-refractivity contribution in [2.45, 2.75) is 19.6 Å². The van der Waals surface area contributed by atoms with Crippen molar-refractivity contribution in [1.29, 1.82) is 0 Å². The van der Waals surface area contributed by atoms with Gasteiger partial charge >= 0.3 is 0 Å². The maximum Gasteiger partial charge on any atom is 0.133 e. The Morgan fingerprint density at radius 2 is 1.90 bits per heavy atom. The minimum Gasteiger partial charge on any atom is -0.496 e. The Morgan fingerprint density at radius 3 is 2.52 bits per heavy atom. The predicted octanol–water partition coefficient (Wildman–Crippen LogP) is 4.20. The molecule has 2 N–H and O–H groups in total. The average Bonchev–Trinajstić information content (AvgIpc) is 2.46. The van der Waals surface area contributed by atoms with Crippen molar-refractivity contribution in [3.05, 3.63) is 57.8 Å². The van der Waals surface area contributed by atoms with E-state index in [1.54, 1.807) is 20.1 Å². The van der Waals surface area contributed by atoms with E-state index in [4.69, 9.17) is 15.2 Å². The Balaban J connectivity index is 2.15. The number of methoxy groups -OCH3 is 1. The molecular formula is C16H17BrFNO2. The fraction of sp³-hybridized carbons (Fsp3) is 0.250. The summed E-state index contributed by atoms with van der Waals surface area (Å²) in [4.78, 5) is 0. The molecule has 0 radical (unpaired) electrons. The van der Waals surface area contributed by atoms with Crippen LogP contribution in [0.2, 0.25) is 0 Å². The fourth-order valence-electron chi connectivity index (χ4n) is 1.97. The predicted molar refractivity (Wildman–Crippen MR) is 84.0 cm³/mol. The molecule has 112 valence electrons. The highest BCUT2D eigenvalue weighted by atomic mass is 79.9. The van der Waals surface area contributed by atoms with Gasteiger partial charge in [0.1, 0.15) is 23.9 Å². The normalized spacial score (nSPS) is 12.0. The van der Waals surface area contributed by atoms with Gasteiger partial charge in [-0.2, -0.15) is 0 Å². The molecule has 0 aliphatic rings. The summed E-state index contributed by atoms with van der Waals surface area (Å²) in [5, 5.41) is 0. The highest BCUT2D eigenvalue weighted by molar-refractivity contribution is 9.10. The second-order valence-electron chi connectivity index (χ2n) is 4.73. The lowest BCUT2D eigenvalue weighted by Crippen LogP contribution is -2.08. The molecule has 0 aliphatic carbocycles. The number of hydrogen-bond acceptors (Lipinski definition) is 3. The Labute approximate surface area is 132 Å². The Hall–Kier alpha value is -1.59. The third kappa shape index (κ3) is 3.95. The van der Waals surface area contributed by atoms with Crippen molar-refractivity contribution >= 4 is 15.9 Å². The molecule has 0 fully saturated rings. The van der Waals surface area contributed by atoms with Gasteiger partial charge in [-0.15, -0.1) is 0 Å². The first-order valence-electron chi connectivity index (χ1n) is 6.51. The van der Waals surface area contributed by atoms with E-state index in [-0.39, 0.29) is 11.9 Å². The first-order chi connectivity index (χ1) is 10.0. The summed E-state index contributed by atoms with van der Waals surface area (Å²) < 4.78 is 25.1. The van der Waals surface area contributed by atoms with E-state index in [0.717, 1.165) is 15.8 Å². The van der Waals surface area contributed by atoms with Crippen molar-refractivity contribution in [3.63, 3.8) is 0 Å². The van der Waals surface area contributed by atoms with E-state index >= 15 is 0 Å². The van der Waals surface area contributed by atoms with Crippen LogP contribution in [0.3, 0.4) is 0 Å². The third-order valence-corrected chi connectivity index (χ3v) is 3.69. The average molecular weight is 354 g/mol. The van der Waals surface area contributed by atoms with Gasteiger partial charge in [0.15, 0.2) is 0 Å². The molecular weight excluding hydrogens is 337 g/mol. The Kier molecular flexibility index (Phi) is 5.20. The lowest BCUT2D eigenvalue weighted by Gasteiger charge is -2.14. The molecule has 0 amide bonds. The van der Waals surface area contributed by atoms with Crippen molar-refractivity contribution in [2.75, 3.05) is 7.11 Å². The number of ether oxygens (including phenoxy) is 2. The van der Waals surface area contributed by atoms with Crippen molar-refractivity contribution < 1.29 is 13.9 Å². The molecule has 2 aromatic rings. The minimum atomic E-state index is -0.318. The summed E-state index contributed by atoms with van der Waals surface area (Å²) in [6.45, 7) is 2.17. The fourth-order valence-corrected chi connectivity index (χ4v) is 2.56. The number of hydrogen-bond donors (Lipinski definition) is 1.